The average Bonchev–Trinajstić information content (AvgIpc) is 2.37. The lowest BCUT2D eigenvalue weighted by Crippen LogP contribution is -2.49. The van der Waals surface area contributed by atoms with Crippen LogP contribution < -0.4 is 0 Å². The second-order valence-corrected chi connectivity index (χ2v) is 5.16. The smallest absolute Gasteiger partial charge is 0.115 e. The molecule has 1 aromatic rings. The van der Waals surface area contributed by atoms with Gasteiger partial charge in [0.25, 0.3) is 0 Å². The third kappa shape index (κ3) is 2.00. The lowest BCUT2D eigenvalue weighted by Gasteiger charge is -2.43. The van der Waals surface area contributed by atoms with E-state index >= 15 is 0 Å². The third-order valence-corrected chi connectivity index (χ3v) is 4.16. The Kier molecular flexibility index (Phi) is 2.93. The molecule has 2 aliphatic rings. The van der Waals surface area contributed by atoms with Gasteiger partial charge in [0, 0.05) is 24.5 Å². The van der Waals surface area contributed by atoms with Gasteiger partial charge in [-0.25, -0.2) is 9.97 Å². The first-order valence-electron chi connectivity index (χ1n) is 6.51. The van der Waals surface area contributed by atoms with Crippen molar-refractivity contribution in [1.82, 2.24) is 14.9 Å². The number of likely N-dealkylation sites (tertiary alicyclic amines) is 1. The van der Waals surface area contributed by atoms with E-state index in [2.05, 4.69) is 21.4 Å². The number of hydrogen-bond acceptors (Lipinski definition) is 3. The lowest BCUT2D eigenvalue weighted by atomic mass is 9.77. The van der Waals surface area contributed by atoms with Crippen molar-refractivity contribution in [2.45, 2.75) is 31.7 Å². The van der Waals surface area contributed by atoms with Crippen molar-refractivity contribution >= 4 is 0 Å². The highest BCUT2D eigenvalue weighted by Gasteiger charge is 2.35. The molecule has 0 aromatic carbocycles. The summed E-state index contributed by atoms with van der Waals surface area (Å²) < 4.78 is 0. The van der Waals surface area contributed by atoms with Gasteiger partial charge in [-0.1, -0.05) is 6.08 Å². The predicted octanol–water partition coefficient (Wildman–Crippen LogP) is 1.84. The normalized spacial score (nSPS) is 28.2. The van der Waals surface area contributed by atoms with Crippen LogP contribution in [0.1, 0.15) is 24.1 Å². The van der Waals surface area contributed by atoms with Crippen molar-refractivity contribution in [3.8, 4) is 0 Å². The molecule has 0 bridgehead atoms. The van der Waals surface area contributed by atoms with Crippen molar-refractivity contribution in [3.05, 3.63) is 36.4 Å². The molecule has 2 heterocycles. The van der Waals surface area contributed by atoms with Crippen molar-refractivity contribution in [2.24, 2.45) is 5.92 Å². The summed E-state index contributed by atoms with van der Waals surface area (Å²) in [6.07, 6.45) is 10.6. The molecule has 17 heavy (non-hydrogen) atoms. The highest BCUT2D eigenvalue weighted by molar-refractivity contribution is 5.23. The number of rotatable bonds is 2. The quantitative estimate of drug-likeness (QED) is 0.725. The van der Waals surface area contributed by atoms with Crippen LogP contribution >= 0.6 is 0 Å². The molecule has 3 heteroatoms. The van der Waals surface area contributed by atoms with Gasteiger partial charge in [0.05, 0.1) is 0 Å². The summed E-state index contributed by atoms with van der Waals surface area (Å²) in [5.41, 5.74) is 2.63. The minimum Gasteiger partial charge on any atom is -0.296 e. The van der Waals surface area contributed by atoms with Gasteiger partial charge >= 0.3 is 0 Å². The first-order chi connectivity index (χ1) is 8.38. The summed E-state index contributed by atoms with van der Waals surface area (Å²) in [7, 11) is 0. The third-order valence-electron chi connectivity index (χ3n) is 4.16. The molecular formula is C14H19N3. The molecule has 3 nitrogen and oxygen atoms in total. The number of aromatic nitrogens is 2. The van der Waals surface area contributed by atoms with Crippen LogP contribution in [0.4, 0.5) is 0 Å². The standard InChI is InChI=1S/C14H19N3/c1-2-5-17-6-3-4-11-7-13-12(8-14(11)17)9-15-10-16-13/h2,9-11,14H,1,3-8H2. The number of hydrogen-bond donors (Lipinski definition) is 0. The van der Waals surface area contributed by atoms with E-state index in [0.29, 0.717) is 6.04 Å². The van der Waals surface area contributed by atoms with Crippen LogP contribution in [0.25, 0.3) is 0 Å². The summed E-state index contributed by atoms with van der Waals surface area (Å²) in [6.45, 7) is 6.11. The first-order valence-corrected chi connectivity index (χ1v) is 6.51. The summed E-state index contributed by atoms with van der Waals surface area (Å²) in [5, 5.41) is 0. The molecular weight excluding hydrogens is 210 g/mol. The Morgan fingerprint density at radius 2 is 2.41 bits per heavy atom. The molecule has 1 aliphatic carbocycles. The highest BCUT2D eigenvalue weighted by Crippen LogP contribution is 2.33. The Balaban J connectivity index is 1.86. The van der Waals surface area contributed by atoms with E-state index in [-0.39, 0.29) is 0 Å². The molecule has 1 aliphatic heterocycles. The summed E-state index contributed by atoms with van der Waals surface area (Å²) in [5.74, 6) is 0.783. The fraction of sp³-hybridized carbons (Fsp3) is 0.571. The molecule has 3 rings (SSSR count). The zero-order valence-electron chi connectivity index (χ0n) is 10.2. The second-order valence-electron chi connectivity index (χ2n) is 5.16. The monoisotopic (exact) mass is 229 g/mol. The van der Waals surface area contributed by atoms with Gasteiger partial charge < -0.3 is 0 Å². The molecule has 0 saturated carbocycles. The maximum atomic E-state index is 4.43. The maximum Gasteiger partial charge on any atom is 0.115 e. The second kappa shape index (κ2) is 4.57. The van der Waals surface area contributed by atoms with Crippen molar-refractivity contribution < 1.29 is 0 Å². The first kappa shape index (κ1) is 10.9. The van der Waals surface area contributed by atoms with Gasteiger partial charge in [-0.3, -0.25) is 4.90 Å². The fourth-order valence-electron chi connectivity index (χ4n) is 3.35. The minimum absolute atomic E-state index is 0.681. The lowest BCUT2D eigenvalue weighted by molar-refractivity contribution is 0.0961. The van der Waals surface area contributed by atoms with Gasteiger partial charge in [-0.05, 0) is 43.7 Å². The molecule has 0 amide bonds. The Morgan fingerprint density at radius 3 is 3.29 bits per heavy atom. The van der Waals surface area contributed by atoms with Gasteiger partial charge in [0.1, 0.15) is 6.33 Å². The van der Waals surface area contributed by atoms with Crippen LogP contribution in [-0.2, 0) is 12.8 Å². The van der Waals surface area contributed by atoms with Crippen molar-refractivity contribution in [3.63, 3.8) is 0 Å². The van der Waals surface area contributed by atoms with Crippen LogP contribution in [0.3, 0.4) is 0 Å². The van der Waals surface area contributed by atoms with E-state index in [4.69, 9.17) is 0 Å². The molecule has 1 fully saturated rings. The van der Waals surface area contributed by atoms with Crippen LogP contribution in [0, 0.1) is 5.92 Å². The van der Waals surface area contributed by atoms with Gasteiger partial charge in [-0.2, -0.15) is 0 Å². The summed E-state index contributed by atoms with van der Waals surface area (Å²) >= 11 is 0. The van der Waals surface area contributed by atoms with Crippen molar-refractivity contribution in [1.29, 1.82) is 0 Å². The zero-order chi connectivity index (χ0) is 11.7. The summed E-state index contributed by atoms with van der Waals surface area (Å²) in [6, 6.07) is 0.681. The van der Waals surface area contributed by atoms with E-state index in [9.17, 15) is 0 Å². The molecule has 0 spiro atoms. The number of piperidine rings is 1. The summed E-state index contributed by atoms with van der Waals surface area (Å²) in [4.78, 5) is 11.2. The Hall–Kier alpha value is -1.22. The molecule has 2 atom stereocenters. The van der Waals surface area contributed by atoms with Crippen LogP contribution in [-0.4, -0.2) is 34.0 Å². The van der Waals surface area contributed by atoms with E-state index in [1.54, 1.807) is 6.33 Å². The van der Waals surface area contributed by atoms with E-state index in [0.717, 1.165) is 25.3 Å². The SMILES string of the molecule is C=CCN1CCCC2Cc3ncncc3CC21. The largest absolute Gasteiger partial charge is 0.296 e. The van der Waals surface area contributed by atoms with Crippen molar-refractivity contribution in [2.75, 3.05) is 13.1 Å². The minimum atomic E-state index is 0.681. The molecule has 2 unspecified atom stereocenters. The van der Waals surface area contributed by atoms with Gasteiger partial charge in [0.2, 0.25) is 0 Å². The van der Waals surface area contributed by atoms with E-state index < -0.39 is 0 Å². The number of fused-ring (bicyclic) bond motifs is 2. The van der Waals surface area contributed by atoms with Gasteiger partial charge in [-0.15, -0.1) is 6.58 Å². The Bertz CT molecular complexity index is 416. The topological polar surface area (TPSA) is 29.0 Å². The molecule has 90 valence electrons. The molecule has 1 aromatic heterocycles. The fourth-order valence-corrected chi connectivity index (χ4v) is 3.35. The maximum absolute atomic E-state index is 4.43. The average molecular weight is 229 g/mol. The number of nitrogens with zero attached hydrogens (tertiary/aromatic N) is 3. The predicted molar refractivity (Wildman–Crippen MR) is 67.7 cm³/mol. The van der Waals surface area contributed by atoms with E-state index in [1.165, 1.54) is 30.6 Å². The van der Waals surface area contributed by atoms with Crippen LogP contribution in [0.5, 0.6) is 0 Å². The molecule has 0 N–H and O–H groups in total. The van der Waals surface area contributed by atoms with Crippen LogP contribution in [0.15, 0.2) is 25.2 Å². The molecule has 1 saturated heterocycles. The Morgan fingerprint density at radius 1 is 1.47 bits per heavy atom. The van der Waals surface area contributed by atoms with Crippen LogP contribution in [0.2, 0.25) is 0 Å². The Labute approximate surface area is 103 Å². The van der Waals surface area contributed by atoms with Gasteiger partial charge in [0.15, 0.2) is 0 Å². The zero-order valence-corrected chi connectivity index (χ0v) is 10.2. The highest BCUT2D eigenvalue weighted by atomic mass is 15.2. The molecule has 0 radical (unpaired) electrons. The van der Waals surface area contributed by atoms with E-state index in [1.807, 2.05) is 12.3 Å².